The van der Waals surface area contributed by atoms with Crippen LogP contribution >= 0.6 is 11.3 Å². The Kier molecular flexibility index (Phi) is 6.01. The van der Waals surface area contributed by atoms with Crippen LogP contribution in [0, 0.1) is 0 Å². The van der Waals surface area contributed by atoms with Crippen molar-refractivity contribution in [3.8, 4) is 22.5 Å². The number of nitrogens with zero attached hydrogens (tertiary/aromatic N) is 4. The van der Waals surface area contributed by atoms with E-state index in [1.54, 1.807) is 0 Å². The van der Waals surface area contributed by atoms with Gasteiger partial charge in [0.25, 0.3) is 0 Å². The van der Waals surface area contributed by atoms with Gasteiger partial charge in [-0.15, -0.1) is 11.3 Å². The first kappa shape index (κ1) is 30.2. The minimum atomic E-state index is 1.01. The van der Waals surface area contributed by atoms with E-state index in [1.807, 2.05) is 11.3 Å². The summed E-state index contributed by atoms with van der Waals surface area (Å²) in [7, 11) is 0. The molecular weight excluding hydrogens is 701 g/mol. The zero-order valence-corrected chi connectivity index (χ0v) is 30.8. The molecule has 0 aliphatic carbocycles. The molecule has 4 nitrogen and oxygen atoms in total. The fourth-order valence-corrected chi connectivity index (χ4v) is 10.7. The van der Waals surface area contributed by atoms with Crippen LogP contribution in [-0.4, -0.2) is 18.5 Å². The molecule has 0 atom stereocenters. The number of benzene rings is 8. The summed E-state index contributed by atoms with van der Waals surface area (Å²) in [6.07, 6.45) is 0. The van der Waals surface area contributed by atoms with E-state index in [2.05, 4.69) is 196 Å². The van der Waals surface area contributed by atoms with Gasteiger partial charge < -0.3 is 9.13 Å². The van der Waals surface area contributed by atoms with E-state index in [1.165, 1.54) is 97.2 Å². The lowest BCUT2D eigenvalue weighted by Gasteiger charge is -2.10. The molecule has 0 saturated carbocycles. The fraction of sp³-hybridized carbons (Fsp3) is 0. The van der Waals surface area contributed by atoms with Crippen molar-refractivity contribution in [3.63, 3.8) is 0 Å². The van der Waals surface area contributed by atoms with Crippen LogP contribution in [0.4, 0.5) is 0 Å². The number of thiophene rings is 1. The van der Waals surface area contributed by atoms with Crippen molar-refractivity contribution >= 4 is 103 Å². The smallest absolute Gasteiger partial charge is 0.146 e. The molecule has 13 rings (SSSR count). The summed E-state index contributed by atoms with van der Waals surface area (Å²) in [6.45, 7) is 0. The average Bonchev–Trinajstić information content (AvgIpc) is 4.02. The SMILES string of the molecule is c1ccc(-n2c3ccccc3c3cc(-c4ccc5c(c4)c4ccccc4n5-c4cccc5c4sc4c6ccccc6c6nc7ccccc7n6c54)ccc32)cc1. The number of imidazole rings is 1. The van der Waals surface area contributed by atoms with Crippen LogP contribution in [0.5, 0.6) is 0 Å². The highest BCUT2D eigenvalue weighted by atomic mass is 32.1. The first-order chi connectivity index (χ1) is 27.8. The maximum atomic E-state index is 5.18. The zero-order valence-electron chi connectivity index (χ0n) is 30.0. The molecule has 0 N–H and O–H groups in total. The third-order valence-electron chi connectivity index (χ3n) is 11.8. The fourth-order valence-electron chi connectivity index (χ4n) is 9.40. The van der Waals surface area contributed by atoms with Gasteiger partial charge in [0.1, 0.15) is 5.65 Å². The molecule has 0 aliphatic rings. The first-order valence-corrected chi connectivity index (χ1v) is 19.9. The molecule has 8 aromatic carbocycles. The molecule has 0 bridgehead atoms. The Morgan fingerprint density at radius 2 is 0.929 bits per heavy atom. The van der Waals surface area contributed by atoms with Crippen molar-refractivity contribution in [2.45, 2.75) is 0 Å². The summed E-state index contributed by atoms with van der Waals surface area (Å²) in [5.41, 5.74) is 14.0. The molecule has 0 fully saturated rings. The summed E-state index contributed by atoms with van der Waals surface area (Å²) in [6, 6.07) is 66.3. The predicted octanol–water partition coefficient (Wildman–Crippen LogP) is 13.9. The Labute approximate surface area is 324 Å². The Morgan fingerprint density at radius 3 is 1.66 bits per heavy atom. The van der Waals surface area contributed by atoms with Crippen LogP contribution < -0.4 is 0 Å². The quantitative estimate of drug-likeness (QED) is 0.178. The topological polar surface area (TPSA) is 27.2 Å². The monoisotopic (exact) mass is 730 g/mol. The largest absolute Gasteiger partial charge is 0.309 e. The van der Waals surface area contributed by atoms with Gasteiger partial charge in [0.2, 0.25) is 0 Å². The van der Waals surface area contributed by atoms with Gasteiger partial charge in [0.05, 0.1) is 53.7 Å². The van der Waals surface area contributed by atoms with Crippen LogP contribution in [-0.2, 0) is 0 Å². The summed E-state index contributed by atoms with van der Waals surface area (Å²) in [5.74, 6) is 0. The molecule has 56 heavy (non-hydrogen) atoms. The van der Waals surface area contributed by atoms with Gasteiger partial charge in [0.15, 0.2) is 0 Å². The minimum absolute atomic E-state index is 1.01. The van der Waals surface area contributed by atoms with E-state index in [-0.39, 0.29) is 0 Å². The average molecular weight is 731 g/mol. The molecule has 5 aromatic heterocycles. The standard InChI is InChI=1S/C51H30N4S/c1-2-13-33(14-3-1)53-42-21-9-6-15-34(42)39-29-31(25-27-44(39)53)32-26-28-45-40(30-32)35-16-7-10-22-43(35)54(45)47-24-12-19-38-48-50(56-49(38)47)36-17-4-5-18-37(36)51-52-41-20-8-11-23-46(41)55(48)51/h1-30H. The summed E-state index contributed by atoms with van der Waals surface area (Å²) < 4.78 is 9.80. The zero-order chi connectivity index (χ0) is 36.5. The highest BCUT2D eigenvalue weighted by Gasteiger charge is 2.22. The Hall–Kier alpha value is -7.21. The second kappa shape index (κ2) is 11.2. The maximum Gasteiger partial charge on any atom is 0.146 e. The Bertz CT molecular complexity index is 3770. The molecule has 260 valence electrons. The second-order valence-corrected chi connectivity index (χ2v) is 15.8. The van der Waals surface area contributed by atoms with Gasteiger partial charge >= 0.3 is 0 Å². The van der Waals surface area contributed by atoms with Crippen molar-refractivity contribution in [2.75, 3.05) is 0 Å². The molecule has 0 spiro atoms. The van der Waals surface area contributed by atoms with Crippen molar-refractivity contribution in [3.05, 3.63) is 182 Å². The number of hydrogen-bond acceptors (Lipinski definition) is 2. The number of hydrogen-bond donors (Lipinski definition) is 0. The molecule has 5 heteroatoms. The molecule has 0 saturated heterocycles. The number of fused-ring (bicyclic) bond motifs is 16. The number of pyridine rings is 1. The third kappa shape index (κ3) is 3.99. The lowest BCUT2D eigenvalue weighted by molar-refractivity contribution is 1.18. The van der Waals surface area contributed by atoms with Crippen LogP contribution in [0.1, 0.15) is 0 Å². The van der Waals surface area contributed by atoms with Crippen molar-refractivity contribution < 1.29 is 0 Å². The first-order valence-electron chi connectivity index (χ1n) is 19.1. The van der Waals surface area contributed by atoms with Crippen molar-refractivity contribution in [1.82, 2.24) is 18.5 Å². The van der Waals surface area contributed by atoms with Crippen molar-refractivity contribution in [1.29, 1.82) is 0 Å². The van der Waals surface area contributed by atoms with E-state index in [9.17, 15) is 0 Å². The summed E-state index contributed by atoms with van der Waals surface area (Å²) in [4.78, 5) is 5.18. The summed E-state index contributed by atoms with van der Waals surface area (Å²) in [5, 5.41) is 8.68. The second-order valence-electron chi connectivity index (χ2n) is 14.7. The lowest BCUT2D eigenvalue weighted by atomic mass is 10.0. The lowest BCUT2D eigenvalue weighted by Crippen LogP contribution is -1.94. The van der Waals surface area contributed by atoms with Crippen LogP contribution in [0.3, 0.4) is 0 Å². The molecule has 13 aromatic rings. The van der Waals surface area contributed by atoms with Crippen LogP contribution in [0.25, 0.3) is 114 Å². The van der Waals surface area contributed by atoms with Gasteiger partial charge in [-0.2, -0.15) is 0 Å². The van der Waals surface area contributed by atoms with Gasteiger partial charge in [-0.25, -0.2) is 4.98 Å². The van der Waals surface area contributed by atoms with E-state index in [0.717, 1.165) is 16.7 Å². The van der Waals surface area contributed by atoms with Crippen LogP contribution in [0.15, 0.2) is 182 Å². The highest BCUT2D eigenvalue weighted by molar-refractivity contribution is 7.27. The molecule has 0 aliphatic heterocycles. The minimum Gasteiger partial charge on any atom is -0.309 e. The van der Waals surface area contributed by atoms with E-state index in [0.29, 0.717) is 0 Å². The van der Waals surface area contributed by atoms with Gasteiger partial charge in [-0.05, 0) is 77.9 Å². The molecule has 0 radical (unpaired) electrons. The van der Waals surface area contributed by atoms with E-state index < -0.39 is 0 Å². The van der Waals surface area contributed by atoms with E-state index >= 15 is 0 Å². The van der Waals surface area contributed by atoms with Crippen LogP contribution in [0.2, 0.25) is 0 Å². The molecule has 0 amide bonds. The van der Waals surface area contributed by atoms with Gasteiger partial charge in [0, 0.05) is 43.4 Å². The molecular formula is C51H30N4S. The number of para-hydroxylation sites is 5. The Morgan fingerprint density at radius 1 is 0.375 bits per heavy atom. The highest BCUT2D eigenvalue weighted by Crippen LogP contribution is 2.45. The third-order valence-corrected chi connectivity index (χ3v) is 13.0. The van der Waals surface area contributed by atoms with Crippen molar-refractivity contribution in [2.24, 2.45) is 0 Å². The van der Waals surface area contributed by atoms with Gasteiger partial charge in [-0.1, -0.05) is 115 Å². The number of rotatable bonds is 3. The maximum absolute atomic E-state index is 5.18. The predicted molar refractivity (Wildman–Crippen MR) is 237 cm³/mol. The number of aromatic nitrogens is 4. The normalized spacial score (nSPS) is 12.3. The molecule has 5 heterocycles. The van der Waals surface area contributed by atoms with Gasteiger partial charge in [-0.3, -0.25) is 4.40 Å². The van der Waals surface area contributed by atoms with E-state index in [4.69, 9.17) is 4.98 Å². The molecule has 0 unspecified atom stereocenters. The summed E-state index contributed by atoms with van der Waals surface area (Å²) >= 11 is 1.89. The Balaban J connectivity index is 1.06.